The van der Waals surface area contributed by atoms with E-state index in [-0.39, 0.29) is 5.41 Å². The van der Waals surface area contributed by atoms with Gasteiger partial charge in [-0.15, -0.1) is 0 Å². The van der Waals surface area contributed by atoms with Crippen LogP contribution < -0.4 is 5.32 Å². The molecule has 3 heteroatoms. The van der Waals surface area contributed by atoms with Crippen LogP contribution in [-0.4, -0.2) is 4.98 Å². The molecule has 0 fully saturated rings. The first-order chi connectivity index (χ1) is 8.47. The Morgan fingerprint density at radius 3 is 2.39 bits per heavy atom. The lowest BCUT2D eigenvalue weighted by atomic mass is 9.86. The Balaban J connectivity index is 2.35. The molecule has 0 atom stereocenters. The lowest BCUT2D eigenvalue weighted by molar-refractivity contribution is 0.592. The van der Waals surface area contributed by atoms with Crippen molar-refractivity contribution >= 4 is 23.1 Å². The Morgan fingerprint density at radius 2 is 1.72 bits per heavy atom. The molecule has 18 heavy (non-hydrogen) atoms. The quantitative estimate of drug-likeness (QED) is 0.787. The standard InChI is InChI=1S/C15H17ClN2/c1-15(2,3)11-7-4-5-8-12(11)17-14-10-6-9-13(16)18-14/h4-10H,1-3H3,(H,17,18). The predicted molar refractivity (Wildman–Crippen MR) is 77.7 cm³/mol. The maximum atomic E-state index is 5.89. The summed E-state index contributed by atoms with van der Waals surface area (Å²) in [4.78, 5) is 4.25. The number of pyridine rings is 1. The van der Waals surface area contributed by atoms with Crippen LogP contribution in [0.5, 0.6) is 0 Å². The number of hydrogen-bond acceptors (Lipinski definition) is 2. The molecule has 0 unspecified atom stereocenters. The lowest BCUT2D eigenvalue weighted by Gasteiger charge is -2.23. The zero-order chi connectivity index (χ0) is 13.2. The van der Waals surface area contributed by atoms with Crippen LogP contribution in [0.1, 0.15) is 26.3 Å². The van der Waals surface area contributed by atoms with Gasteiger partial charge < -0.3 is 5.32 Å². The Kier molecular flexibility index (Phi) is 3.58. The minimum absolute atomic E-state index is 0.0855. The fraction of sp³-hybridized carbons (Fsp3) is 0.267. The van der Waals surface area contributed by atoms with Gasteiger partial charge in [0.15, 0.2) is 0 Å². The van der Waals surface area contributed by atoms with Crippen LogP contribution in [0.15, 0.2) is 42.5 Å². The van der Waals surface area contributed by atoms with Crippen molar-refractivity contribution in [2.75, 3.05) is 5.32 Å². The van der Waals surface area contributed by atoms with Crippen LogP contribution in [0.4, 0.5) is 11.5 Å². The summed E-state index contributed by atoms with van der Waals surface area (Å²) in [6, 6.07) is 13.8. The predicted octanol–water partition coefficient (Wildman–Crippen LogP) is 4.78. The van der Waals surface area contributed by atoms with E-state index >= 15 is 0 Å². The summed E-state index contributed by atoms with van der Waals surface area (Å²) in [5, 5.41) is 3.82. The summed E-state index contributed by atoms with van der Waals surface area (Å²) in [6.45, 7) is 6.58. The number of nitrogens with zero attached hydrogens (tertiary/aromatic N) is 1. The molecule has 94 valence electrons. The van der Waals surface area contributed by atoms with Crippen LogP contribution in [0.25, 0.3) is 0 Å². The molecule has 0 aliphatic heterocycles. The molecule has 1 aromatic carbocycles. The Labute approximate surface area is 113 Å². The van der Waals surface area contributed by atoms with Gasteiger partial charge in [0, 0.05) is 5.69 Å². The Hall–Kier alpha value is -1.54. The van der Waals surface area contributed by atoms with Gasteiger partial charge in [-0.1, -0.05) is 56.6 Å². The fourth-order valence-electron chi connectivity index (χ4n) is 1.86. The molecule has 0 radical (unpaired) electrons. The highest BCUT2D eigenvalue weighted by Gasteiger charge is 2.17. The number of halogens is 1. The molecular weight excluding hydrogens is 244 g/mol. The van der Waals surface area contributed by atoms with E-state index in [2.05, 4.69) is 49.3 Å². The van der Waals surface area contributed by atoms with Gasteiger partial charge in [0.2, 0.25) is 0 Å². The molecule has 1 N–H and O–H groups in total. The molecule has 2 rings (SSSR count). The number of nitrogens with one attached hydrogen (secondary N) is 1. The third-order valence-electron chi connectivity index (χ3n) is 2.71. The number of hydrogen-bond donors (Lipinski definition) is 1. The average Bonchev–Trinajstić information content (AvgIpc) is 2.28. The van der Waals surface area contributed by atoms with Crippen molar-refractivity contribution < 1.29 is 0 Å². The number of anilines is 2. The summed E-state index contributed by atoms with van der Waals surface area (Å²) < 4.78 is 0. The van der Waals surface area contributed by atoms with Crippen LogP contribution in [0.3, 0.4) is 0 Å². The summed E-state index contributed by atoms with van der Waals surface area (Å²) >= 11 is 5.89. The molecular formula is C15H17ClN2. The topological polar surface area (TPSA) is 24.9 Å². The van der Waals surface area contributed by atoms with E-state index in [1.54, 1.807) is 6.07 Å². The van der Waals surface area contributed by atoms with Crippen molar-refractivity contribution in [1.29, 1.82) is 0 Å². The monoisotopic (exact) mass is 260 g/mol. The summed E-state index contributed by atoms with van der Waals surface area (Å²) in [7, 11) is 0. The molecule has 0 aliphatic rings. The van der Waals surface area contributed by atoms with Crippen molar-refractivity contribution in [2.45, 2.75) is 26.2 Å². The van der Waals surface area contributed by atoms with Gasteiger partial charge in [0.25, 0.3) is 0 Å². The smallest absolute Gasteiger partial charge is 0.132 e. The van der Waals surface area contributed by atoms with E-state index < -0.39 is 0 Å². The molecule has 2 aromatic rings. The molecule has 1 heterocycles. The largest absolute Gasteiger partial charge is 0.340 e. The highest BCUT2D eigenvalue weighted by atomic mass is 35.5. The molecule has 0 bridgehead atoms. The molecule has 0 saturated carbocycles. The van der Waals surface area contributed by atoms with Crippen LogP contribution in [0.2, 0.25) is 5.15 Å². The lowest BCUT2D eigenvalue weighted by Crippen LogP contribution is -2.13. The fourth-order valence-corrected chi connectivity index (χ4v) is 2.03. The van der Waals surface area contributed by atoms with Gasteiger partial charge in [-0.05, 0) is 29.2 Å². The second-order valence-electron chi connectivity index (χ2n) is 5.27. The highest BCUT2D eigenvalue weighted by molar-refractivity contribution is 6.29. The Morgan fingerprint density at radius 1 is 1.00 bits per heavy atom. The van der Waals surface area contributed by atoms with Crippen molar-refractivity contribution in [3.8, 4) is 0 Å². The molecule has 0 amide bonds. The second-order valence-corrected chi connectivity index (χ2v) is 5.65. The SMILES string of the molecule is CC(C)(C)c1ccccc1Nc1cccc(Cl)n1. The third-order valence-corrected chi connectivity index (χ3v) is 2.92. The van der Waals surface area contributed by atoms with Crippen molar-refractivity contribution in [3.63, 3.8) is 0 Å². The number of para-hydroxylation sites is 1. The first-order valence-electron chi connectivity index (χ1n) is 5.96. The van der Waals surface area contributed by atoms with E-state index in [9.17, 15) is 0 Å². The Bertz CT molecular complexity index is 544. The van der Waals surface area contributed by atoms with Gasteiger partial charge in [0.05, 0.1) is 0 Å². The molecule has 0 saturated heterocycles. The minimum atomic E-state index is 0.0855. The van der Waals surface area contributed by atoms with Gasteiger partial charge >= 0.3 is 0 Å². The normalized spacial score (nSPS) is 11.3. The average molecular weight is 261 g/mol. The van der Waals surface area contributed by atoms with Gasteiger partial charge in [-0.25, -0.2) is 4.98 Å². The van der Waals surface area contributed by atoms with Crippen LogP contribution in [-0.2, 0) is 5.41 Å². The maximum absolute atomic E-state index is 5.89. The van der Waals surface area contributed by atoms with E-state index in [1.807, 2.05) is 18.2 Å². The van der Waals surface area contributed by atoms with Crippen LogP contribution in [0, 0.1) is 0 Å². The highest BCUT2D eigenvalue weighted by Crippen LogP contribution is 2.30. The number of rotatable bonds is 2. The maximum Gasteiger partial charge on any atom is 0.132 e. The molecule has 0 aliphatic carbocycles. The van der Waals surface area contributed by atoms with Gasteiger partial charge in [-0.2, -0.15) is 0 Å². The van der Waals surface area contributed by atoms with Crippen molar-refractivity contribution in [1.82, 2.24) is 4.98 Å². The van der Waals surface area contributed by atoms with Crippen molar-refractivity contribution in [3.05, 3.63) is 53.2 Å². The molecule has 0 spiro atoms. The van der Waals surface area contributed by atoms with Crippen LogP contribution >= 0.6 is 11.6 Å². The van der Waals surface area contributed by atoms with E-state index in [4.69, 9.17) is 11.6 Å². The zero-order valence-corrected chi connectivity index (χ0v) is 11.6. The minimum Gasteiger partial charge on any atom is -0.340 e. The number of aromatic nitrogens is 1. The van der Waals surface area contributed by atoms with Gasteiger partial charge in [0.1, 0.15) is 11.0 Å². The first-order valence-corrected chi connectivity index (χ1v) is 6.34. The summed E-state index contributed by atoms with van der Waals surface area (Å²) in [5.41, 5.74) is 2.41. The molecule has 1 aromatic heterocycles. The first kappa shape index (κ1) is 12.9. The summed E-state index contributed by atoms with van der Waals surface area (Å²) in [6.07, 6.45) is 0. The summed E-state index contributed by atoms with van der Waals surface area (Å²) in [5.74, 6) is 0.763. The van der Waals surface area contributed by atoms with E-state index in [1.165, 1.54) is 5.56 Å². The molecule has 2 nitrogen and oxygen atoms in total. The second kappa shape index (κ2) is 4.99. The third kappa shape index (κ3) is 3.02. The number of benzene rings is 1. The van der Waals surface area contributed by atoms with Gasteiger partial charge in [-0.3, -0.25) is 0 Å². The van der Waals surface area contributed by atoms with E-state index in [0.717, 1.165) is 11.5 Å². The van der Waals surface area contributed by atoms with E-state index in [0.29, 0.717) is 5.15 Å². The zero-order valence-electron chi connectivity index (χ0n) is 10.9. The van der Waals surface area contributed by atoms with Crippen molar-refractivity contribution in [2.24, 2.45) is 0 Å².